The second-order valence-electron chi connectivity index (χ2n) is 13.1. The molecule has 3 aromatic heterocycles. The van der Waals surface area contributed by atoms with Crippen LogP contribution in [0.1, 0.15) is 28.3 Å². The van der Waals surface area contributed by atoms with Crippen LogP contribution < -0.4 is 22.9 Å². The predicted octanol–water partition coefficient (Wildman–Crippen LogP) is 9.29. The Labute approximate surface area is 304 Å². The smallest absolute Gasteiger partial charge is 0.151 e. The van der Waals surface area contributed by atoms with Gasteiger partial charge in [-0.1, -0.05) is 72.8 Å². The van der Waals surface area contributed by atoms with Gasteiger partial charge in [0.25, 0.3) is 0 Å². The Morgan fingerprint density at radius 2 is 0.962 bits per heavy atom. The van der Waals surface area contributed by atoms with Crippen molar-refractivity contribution < 1.29 is 5.11 Å². The summed E-state index contributed by atoms with van der Waals surface area (Å²) in [5, 5.41) is 12.2. The molecule has 0 atom stereocenters. The molecular weight excluding hydrogens is 657 g/mol. The molecule has 9 nitrogen and oxygen atoms in total. The molecule has 2 aliphatic heterocycles. The van der Waals surface area contributed by atoms with E-state index >= 15 is 0 Å². The number of aromatic amines is 2. The van der Waals surface area contributed by atoms with Crippen LogP contribution in [0.4, 0.5) is 22.7 Å². The van der Waals surface area contributed by atoms with Gasteiger partial charge >= 0.3 is 0 Å². The maximum Gasteiger partial charge on any atom is 0.151 e. The molecule has 9 heteroatoms. The molecule has 7 aromatic rings. The minimum Gasteiger partial charge on any atom is -0.505 e. The van der Waals surface area contributed by atoms with Gasteiger partial charge in [0, 0.05) is 78.2 Å². The van der Waals surface area contributed by atoms with E-state index in [1.54, 1.807) is 0 Å². The van der Waals surface area contributed by atoms with E-state index in [4.69, 9.17) is 32.9 Å². The zero-order valence-corrected chi connectivity index (χ0v) is 28.4. The van der Waals surface area contributed by atoms with Crippen LogP contribution in [-0.4, -0.2) is 25.0 Å². The highest BCUT2D eigenvalue weighted by Crippen LogP contribution is 2.49. The number of H-pyrrole nitrogens is 2. The highest BCUT2D eigenvalue weighted by molar-refractivity contribution is 6.14. The van der Waals surface area contributed by atoms with Gasteiger partial charge in [-0.3, -0.25) is 0 Å². The summed E-state index contributed by atoms with van der Waals surface area (Å²) in [5.41, 5.74) is 40.2. The average molecular weight is 691 g/mol. The standard InChI is InChI=1S/C44H34N8O/c45-32-13-5-1-9-28(32)38-36-22-26-19-17-24(49-26)21-25-18-20-27(50-25)23-37-44(53)41(31-12-4-8-16-35(31)48)43(52-37)40(30-11-3-7-15-34(30)47)42(51-36)39(38)29-10-2-6-14-33(29)46/h1-23,50-51,53H,45-48H2. The molecule has 0 amide bonds. The first-order chi connectivity index (χ1) is 25.8. The van der Waals surface area contributed by atoms with Crippen LogP contribution in [0, 0.1) is 0 Å². The summed E-state index contributed by atoms with van der Waals surface area (Å²) in [6, 6.07) is 40.2. The number of aromatic nitrogens is 4. The number of nitrogens with two attached hydrogens (primary N) is 4. The van der Waals surface area contributed by atoms with Gasteiger partial charge in [0.05, 0.1) is 28.2 Å². The van der Waals surface area contributed by atoms with Crippen LogP contribution in [0.2, 0.25) is 0 Å². The van der Waals surface area contributed by atoms with E-state index in [0.717, 1.165) is 50.2 Å². The van der Waals surface area contributed by atoms with Crippen molar-refractivity contribution in [1.82, 2.24) is 19.9 Å². The maximum absolute atomic E-state index is 12.2. The number of nitrogens with one attached hydrogen (secondary N) is 2. The molecule has 256 valence electrons. The topological polar surface area (TPSA) is 182 Å². The van der Waals surface area contributed by atoms with Crippen molar-refractivity contribution in [2.45, 2.75) is 0 Å². The Balaban J connectivity index is 1.60. The largest absolute Gasteiger partial charge is 0.505 e. The normalized spacial score (nSPS) is 12.4. The summed E-state index contributed by atoms with van der Waals surface area (Å²) in [7, 11) is 0. The van der Waals surface area contributed by atoms with Crippen LogP contribution in [0.25, 0.3) is 78.9 Å². The van der Waals surface area contributed by atoms with Crippen LogP contribution in [-0.2, 0) is 0 Å². The number of para-hydroxylation sites is 4. The van der Waals surface area contributed by atoms with E-state index in [1.165, 1.54) is 0 Å². The molecule has 0 fully saturated rings. The lowest BCUT2D eigenvalue weighted by molar-refractivity contribution is 0.513. The first-order valence-electron chi connectivity index (χ1n) is 17.1. The first kappa shape index (κ1) is 31.5. The quantitative estimate of drug-likeness (QED) is 0.0898. The average Bonchev–Trinajstić information content (AvgIpc) is 3.94. The fourth-order valence-corrected chi connectivity index (χ4v) is 7.26. The fraction of sp³-hybridized carbons (Fsp3) is 0. The van der Waals surface area contributed by atoms with E-state index in [9.17, 15) is 5.11 Å². The maximum atomic E-state index is 12.2. The molecule has 0 saturated heterocycles. The van der Waals surface area contributed by atoms with Gasteiger partial charge < -0.3 is 38.0 Å². The third-order valence-corrected chi connectivity index (χ3v) is 9.69. The van der Waals surface area contributed by atoms with Crippen LogP contribution >= 0.6 is 0 Å². The molecule has 9 rings (SSSR count). The minimum atomic E-state index is -0.0251. The van der Waals surface area contributed by atoms with Gasteiger partial charge in [0.15, 0.2) is 5.76 Å². The number of nitrogen functional groups attached to an aromatic ring is 4. The number of aliphatic hydroxyl groups is 1. The molecule has 2 aliphatic rings. The van der Waals surface area contributed by atoms with Crippen molar-refractivity contribution in [3.8, 4) is 33.4 Å². The van der Waals surface area contributed by atoms with E-state index < -0.39 is 0 Å². The summed E-state index contributed by atoms with van der Waals surface area (Å²) in [6.07, 6.45) is 3.95. The van der Waals surface area contributed by atoms with Crippen molar-refractivity contribution >= 4 is 68.3 Å². The van der Waals surface area contributed by atoms with E-state index in [0.29, 0.717) is 61.9 Å². The summed E-state index contributed by atoms with van der Waals surface area (Å²) in [5.74, 6) is -0.0251. The third kappa shape index (κ3) is 5.35. The van der Waals surface area contributed by atoms with Crippen molar-refractivity contribution in [2.75, 3.05) is 22.9 Å². The third-order valence-electron chi connectivity index (χ3n) is 9.69. The monoisotopic (exact) mass is 690 g/mol. The van der Waals surface area contributed by atoms with Crippen molar-refractivity contribution in [1.29, 1.82) is 0 Å². The Morgan fingerprint density at radius 1 is 0.472 bits per heavy atom. The second-order valence-corrected chi connectivity index (χ2v) is 13.1. The molecule has 0 aliphatic carbocycles. The molecular formula is C44H34N8O. The lowest BCUT2D eigenvalue weighted by Crippen LogP contribution is -1.99. The summed E-state index contributed by atoms with van der Waals surface area (Å²) < 4.78 is 0. The van der Waals surface area contributed by atoms with Gasteiger partial charge in [-0.05, 0) is 66.7 Å². The summed E-state index contributed by atoms with van der Waals surface area (Å²) in [6.45, 7) is 0. The molecule has 8 bridgehead atoms. The van der Waals surface area contributed by atoms with Crippen LogP contribution in [0.3, 0.4) is 0 Å². The first-order valence-corrected chi connectivity index (χ1v) is 17.1. The van der Waals surface area contributed by atoms with Gasteiger partial charge in [0.1, 0.15) is 5.69 Å². The Kier molecular flexibility index (Phi) is 7.34. The van der Waals surface area contributed by atoms with Gasteiger partial charge in [-0.15, -0.1) is 0 Å². The number of hydrogen-bond donors (Lipinski definition) is 7. The summed E-state index contributed by atoms with van der Waals surface area (Å²) >= 11 is 0. The van der Waals surface area contributed by atoms with Crippen molar-refractivity contribution in [2.24, 2.45) is 0 Å². The number of rotatable bonds is 4. The molecule has 4 aromatic carbocycles. The van der Waals surface area contributed by atoms with Crippen molar-refractivity contribution in [3.05, 3.63) is 156 Å². The zero-order chi connectivity index (χ0) is 36.2. The SMILES string of the molecule is Nc1ccccc1C1=C(O)c2cc3ccc(cc4nc(cc5[nH]c(c(-c6ccccc6N)c1n2)c(-c1ccccc1N)c5-c1ccccc1N)C=C4)[nH]3. The highest BCUT2D eigenvalue weighted by Gasteiger charge is 2.30. The number of fused-ring (bicyclic) bond motifs is 8. The molecule has 53 heavy (non-hydrogen) atoms. The number of aliphatic hydroxyl groups excluding tert-OH is 1. The number of anilines is 4. The highest BCUT2D eigenvalue weighted by atomic mass is 16.3. The molecule has 11 N–H and O–H groups in total. The predicted molar refractivity (Wildman–Crippen MR) is 219 cm³/mol. The fourth-order valence-electron chi connectivity index (χ4n) is 7.26. The Bertz CT molecular complexity index is 2860. The van der Waals surface area contributed by atoms with Crippen LogP contribution in [0.15, 0.2) is 127 Å². The Hall–Kier alpha value is -7.52. The van der Waals surface area contributed by atoms with E-state index in [-0.39, 0.29) is 5.76 Å². The van der Waals surface area contributed by atoms with E-state index in [2.05, 4.69) is 9.97 Å². The van der Waals surface area contributed by atoms with Gasteiger partial charge in [0.2, 0.25) is 0 Å². The number of benzene rings is 4. The second kappa shape index (κ2) is 12.4. The molecule has 0 radical (unpaired) electrons. The molecule has 0 unspecified atom stereocenters. The van der Waals surface area contributed by atoms with Crippen LogP contribution in [0.5, 0.6) is 0 Å². The number of nitrogens with zero attached hydrogens (tertiary/aromatic N) is 2. The van der Waals surface area contributed by atoms with Crippen molar-refractivity contribution in [3.63, 3.8) is 0 Å². The van der Waals surface area contributed by atoms with Gasteiger partial charge in [-0.25, -0.2) is 9.97 Å². The minimum absolute atomic E-state index is 0.0251. The lowest BCUT2D eigenvalue weighted by Gasteiger charge is -2.15. The number of hydrogen-bond acceptors (Lipinski definition) is 7. The molecule has 0 saturated carbocycles. The Morgan fingerprint density at radius 3 is 1.55 bits per heavy atom. The summed E-state index contributed by atoms with van der Waals surface area (Å²) in [4.78, 5) is 17.4. The lowest BCUT2D eigenvalue weighted by atomic mass is 9.89. The molecule has 0 spiro atoms. The van der Waals surface area contributed by atoms with E-state index in [1.807, 2.05) is 140 Å². The zero-order valence-electron chi connectivity index (χ0n) is 28.4. The van der Waals surface area contributed by atoms with Gasteiger partial charge in [-0.2, -0.15) is 0 Å². The molecule has 5 heterocycles.